The Morgan fingerprint density at radius 2 is 2.00 bits per heavy atom. The summed E-state index contributed by atoms with van der Waals surface area (Å²) in [6.07, 6.45) is 0. The van der Waals surface area contributed by atoms with E-state index in [9.17, 15) is 4.39 Å². The van der Waals surface area contributed by atoms with Gasteiger partial charge in [0.05, 0.1) is 30.8 Å². The molecule has 2 aromatic rings. The van der Waals surface area contributed by atoms with Crippen molar-refractivity contribution in [3.05, 3.63) is 40.6 Å². The number of nitrogens with one attached hydrogen (secondary N) is 1. The minimum atomic E-state index is -0.482. The number of nitrogens with two attached hydrogens (primary N) is 1. The number of benzene rings is 2. The molecule has 0 heterocycles. The first-order chi connectivity index (χ1) is 10.0. The highest BCUT2D eigenvalue weighted by atomic mass is 79.9. The van der Waals surface area contributed by atoms with Crippen molar-refractivity contribution < 1.29 is 13.9 Å². The summed E-state index contributed by atoms with van der Waals surface area (Å²) in [4.78, 5) is 0. The predicted octanol–water partition coefficient (Wildman–Crippen LogP) is 4.32. The van der Waals surface area contributed by atoms with Gasteiger partial charge in [-0.2, -0.15) is 0 Å². The second-order valence-electron chi connectivity index (χ2n) is 4.27. The first-order valence-electron chi connectivity index (χ1n) is 6.37. The van der Waals surface area contributed by atoms with E-state index in [4.69, 9.17) is 15.2 Å². The van der Waals surface area contributed by atoms with Gasteiger partial charge in [0.1, 0.15) is 5.75 Å². The number of methoxy groups -OCH3 is 1. The number of rotatable bonds is 5. The molecule has 0 saturated heterocycles. The molecule has 0 radical (unpaired) electrons. The highest BCUT2D eigenvalue weighted by molar-refractivity contribution is 9.10. The molecule has 0 amide bonds. The van der Waals surface area contributed by atoms with Gasteiger partial charge in [-0.1, -0.05) is 0 Å². The van der Waals surface area contributed by atoms with E-state index in [1.54, 1.807) is 20.1 Å². The lowest BCUT2D eigenvalue weighted by Crippen LogP contribution is -2.01. The molecule has 0 aliphatic heterocycles. The average Bonchev–Trinajstić information content (AvgIpc) is 2.46. The van der Waals surface area contributed by atoms with Gasteiger partial charge < -0.3 is 20.5 Å². The van der Waals surface area contributed by atoms with Crippen molar-refractivity contribution >= 4 is 33.0 Å². The first kappa shape index (κ1) is 15.4. The molecule has 21 heavy (non-hydrogen) atoms. The molecule has 0 saturated carbocycles. The van der Waals surface area contributed by atoms with Crippen molar-refractivity contribution in [2.24, 2.45) is 0 Å². The Bertz CT molecular complexity index is 650. The lowest BCUT2D eigenvalue weighted by Gasteiger charge is -2.14. The summed E-state index contributed by atoms with van der Waals surface area (Å²) in [6.45, 7) is 2.17. The van der Waals surface area contributed by atoms with Crippen molar-refractivity contribution in [3.63, 3.8) is 0 Å². The maximum Gasteiger partial charge on any atom is 0.167 e. The van der Waals surface area contributed by atoms with Crippen molar-refractivity contribution in [1.29, 1.82) is 0 Å². The number of halogens is 2. The van der Waals surface area contributed by atoms with Gasteiger partial charge in [-0.3, -0.25) is 0 Å². The zero-order chi connectivity index (χ0) is 15.4. The summed E-state index contributed by atoms with van der Waals surface area (Å²) < 4.78 is 25.0. The molecule has 0 unspecified atom stereocenters. The number of nitrogen functional groups attached to an aromatic ring is 1. The van der Waals surface area contributed by atoms with Crippen LogP contribution in [0, 0.1) is 5.82 Å². The van der Waals surface area contributed by atoms with E-state index >= 15 is 0 Å². The topological polar surface area (TPSA) is 56.5 Å². The van der Waals surface area contributed by atoms with Crippen LogP contribution < -0.4 is 20.5 Å². The highest BCUT2D eigenvalue weighted by Crippen LogP contribution is 2.34. The lowest BCUT2D eigenvalue weighted by molar-refractivity contribution is 0.322. The number of hydrogen-bond donors (Lipinski definition) is 2. The molecule has 0 atom stereocenters. The number of anilines is 3. The van der Waals surface area contributed by atoms with Crippen molar-refractivity contribution in [2.75, 3.05) is 24.8 Å². The van der Waals surface area contributed by atoms with Gasteiger partial charge in [0, 0.05) is 22.7 Å². The first-order valence-corrected chi connectivity index (χ1v) is 7.16. The average molecular weight is 355 g/mol. The largest absolute Gasteiger partial charge is 0.497 e. The van der Waals surface area contributed by atoms with E-state index in [1.165, 1.54) is 6.07 Å². The molecule has 0 fully saturated rings. The van der Waals surface area contributed by atoms with E-state index < -0.39 is 5.82 Å². The van der Waals surface area contributed by atoms with Crippen LogP contribution in [-0.4, -0.2) is 13.7 Å². The maximum atomic E-state index is 13.7. The smallest absolute Gasteiger partial charge is 0.167 e. The Hall–Kier alpha value is -1.95. The SMILES string of the molecule is CCOc1cc(Nc2cc(OC)ccc2Br)c(N)cc1F. The maximum absolute atomic E-state index is 13.7. The standard InChI is InChI=1S/C15H16BrFN2O2/c1-3-21-15-8-14(12(18)7-11(15)17)19-13-6-9(20-2)4-5-10(13)16/h4-8,19H,3,18H2,1-2H3. The molecule has 3 N–H and O–H groups in total. The molecule has 2 aromatic carbocycles. The molecule has 2 rings (SSSR count). The molecule has 4 nitrogen and oxygen atoms in total. The van der Waals surface area contributed by atoms with Gasteiger partial charge in [0.25, 0.3) is 0 Å². The van der Waals surface area contributed by atoms with Crippen LogP contribution in [0.5, 0.6) is 11.5 Å². The van der Waals surface area contributed by atoms with Crippen LogP contribution in [0.15, 0.2) is 34.8 Å². The summed E-state index contributed by atoms with van der Waals surface area (Å²) in [5.74, 6) is 0.379. The Morgan fingerprint density at radius 1 is 1.24 bits per heavy atom. The van der Waals surface area contributed by atoms with E-state index in [-0.39, 0.29) is 5.75 Å². The Kier molecular flexibility index (Phi) is 4.90. The zero-order valence-electron chi connectivity index (χ0n) is 11.7. The van der Waals surface area contributed by atoms with E-state index in [0.29, 0.717) is 23.7 Å². The van der Waals surface area contributed by atoms with Crippen molar-refractivity contribution in [2.45, 2.75) is 6.92 Å². The quantitative estimate of drug-likeness (QED) is 0.785. The van der Waals surface area contributed by atoms with E-state index in [1.807, 2.05) is 18.2 Å². The van der Waals surface area contributed by atoms with Gasteiger partial charge in [-0.15, -0.1) is 0 Å². The predicted molar refractivity (Wildman–Crippen MR) is 86.0 cm³/mol. The van der Waals surface area contributed by atoms with E-state index in [0.717, 1.165) is 10.2 Å². The Balaban J connectivity index is 2.37. The van der Waals surface area contributed by atoms with Crippen LogP contribution in [0.2, 0.25) is 0 Å². The number of hydrogen-bond acceptors (Lipinski definition) is 4. The van der Waals surface area contributed by atoms with Crippen LogP contribution in [0.4, 0.5) is 21.5 Å². The molecule has 0 aromatic heterocycles. The molecule has 6 heteroatoms. The normalized spacial score (nSPS) is 10.3. The zero-order valence-corrected chi connectivity index (χ0v) is 13.3. The Labute approximate surface area is 131 Å². The third-order valence-electron chi connectivity index (χ3n) is 2.85. The summed E-state index contributed by atoms with van der Waals surface area (Å²) in [6, 6.07) is 8.27. The van der Waals surface area contributed by atoms with Gasteiger partial charge in [-0.25, -0.2) is 4.39 Å². The Morgan fingerprint density at radius 3 is 2.67 bits per heavy atom. The van der Waals surface area contributed by atoms with Crippen LogP contribution >= 0.6 is 15.9 Å². The molecular formula is C15H16BrFN2O2. The third-order valence-corrected chi connectivity index (χ3v) is 3.54. The fourth-order valence-corrected chi connectivity index (χ4v) is 2.16. The van der Waals surface area contributed by atoms with Crippen molar-refractivity contribution in [3.8, 4) is 11.5 Å². The second-order valence-corrected chi connectivity index (χ2v) is 5.13. The van der Waals surface area contributed by atoms with Gasteiger partial charge in [-0.05, 0) is 35.0 Å². The van der Waals surface area contributed by atoms with Crippen LogP contribution in [-0.2, 0) is 0 Å². The van der Waals surface area contributed by atoms with Gasteiger partial charge in [0.2, 0.25) is 0 Å². The second kappa shape index (κ2) is 6.67. The highest BCUT2D eigenvalue weighted by Gasteiger charge is 2.11. The lowest BCUT2D eigenvalue weighted by atomic mass is 10.2. The van der Waals surface area contributed by atoms with Crippen molar-refractivity contribution in [1.82, 2.24) is 0 Å². The van der Waals surface area contributed by atoms with Crippen LogP contribution in [0.3, 0.4) is 0 Å². The van der Waals surface area contributed by atoms with Crippen LogP contribution in [0.25, 0.3) is 0 Å². The van der Waals surface area contributed by atoms with Gasteiger partial charge >= 0.3 is 0 Å². The third kappa shape index (κ3) is 3.58. The number of ether oxygens (including phenoxy) is 2. The fourth-order valence-electron chi connectivity index (χ4n) is 1.82. The fraction of sp³-hybridized carbons (Fsp3) is 0.200. The summed E-state index contributed by atoms with van der Waals surface area (Å²) in [7, 11) is 1.59. The summed E-state index contributed by atoms with van der Waals surface area (Å²) in [5.41, 5.74) is 7.47. The molecule has 112 valence electrons. The monoisotopic (exact) mass is 354 g/mol. The minimum absolute atomic E-state index is 0.160. The molecule has 0 spiro atoms. The summed E-state index contributed by atoms with van der Waals surface area (Å²) >= 11 is 3.44. The molecule has 0 aliphatic rings. The van der Waals surface area contributed by atoms with E-state index in [2.05, 4.69) is 21.2 Å². The summed E-state index contributed by atoms with van der Waals surface area (Å²) in [5, 5.41) is 3.14. The molecular weight excluding hydrogens is 339 g/mol. The van der Waals surface area contributed by atoms with Crippen LogP contribution in [0.1, 0.15) is 6.92 Å². The van der Waals surface area contributed by atoms with Gasteiger partial charge in [0.15, 0.2) is 11.6 Å². The molecule has 0 aliphatic carbocycles. The molecule has 0 bridgehead atoms. The minimum Gasteiger partial charge on any atom is -0.497 e.